The first-order valence-electron chi connectivity index (χ1n) is 6.68. The summed E-state index contributed by atoms with van der Waals surface area (Å²) in [6.45, 7) is 7.82. The van der Waals surface area contributed by atoms with Gasteiger partial charge in [-0.15, -0.1) is 0 Å². The highest BCUT2D eigenvalue weighted by Crippen LogP contribution is 2.20. The Morgan fingerprint density at radius 3 is 2.53 bits per heavy atom. The van der Waals surface area contributed by atoms with Gasteiger partial charge in [-0.1, -0.05) is 0 Å². The molecule has 0 saturated carbocycles. The number of hydrogen-bond acceptors (Lipinski definition) is 5. The quantitative estimate of drug-likeness (QED) is 0.766. The molecule has 0 unspecified atom stereocenters. The summed E-state index contributed by atoms with van der Waals surface area (Å²) in [5.74, 6) is -0.458. The highest BCUT2D eigenvalue weighted by molar-refractivity contribution is 5.82. The summed E-state index contributed by atoms with van der Waals surface area (Å²) in [4.78, 5) is 25.4. The number of carbonyl (C=O) groups is 2. The fraction of sp³-hybridized carbons (Fsp3) is 0.846. The van der Waals surface area contributed by atoms with Crippen LogP contribution in [-0.2, 0) is 14.3 Å². The number of rotatable bonds is 2. The fourth-order valence-electron chi connectivity index (χ4n) is 2.08. The van der Waals surface area contributed by atoms with Crippen LogP contribution in [0.5, 0.6) is 0 Å². The maximum absolute atomic E-state index is 12.1. The molecule has 6 nitrogen and oxygen atoms in total. The Kier molecular flexibility index (Phi) is 5.17. The Bertz CT molecular complexity index is 338. The topological polar surface area (TPSA) is 81.9 Å². The monoisotopic (exact) mass is 272 g/mol. The SMILES string of the molecule is CCOC(=O)[C@@H]1[C@H](N)CCCN1C(=O)OC(C)(C)C. The van der Waals surface area contributed by atoms with Crippen LogP contribution in [-0.4, -0.2) is 47.8 Å². The second kappa shape index (κ2) is 6.23. The standard InChI is InChI=1S/C13H24N2O4/c1-5-18-11(16)10-9(14)7-6-8-15(10)12(17)19-13(2,3)4/h9-10H,5-8,14H2,1-4H3/t9-,10+/m1/s1. The number of amides is 1. The van der Waals surface area contributed by atoms with E-state index in [0.29, 0.717) is 13.0 Å². The molecule has 6 heteroatoms. The molecule has 1 amide bonds. The molecule has 19 heavy (non-hydrogen) atoms. The van der Waals surface area contributed by atoms with E-state index < -0.39 is 29.7 Å². The predicted molar refractivity (Wildman–Crippen MR) is 70.6 cm³/mol. The van der Waals surface area contributed by atoms with Crippen molar-refractivity contribution in [1.82, 2.24) is 4.90 Å². The molecule has 0 aromatic carbocycles. The van der Waals surface area contributed by atoms with Crippen molar-refractivity contribution in [2.75, 3.05) is 13.2 Å². The number of nitrogens with zero attached hydrogens (tertiary/aromatic N) is 1. The molecule has 1 rings (SSSR count). The van der Waals surface area contributed by atoms with Crippen molar-refractivity contribution in [3.05, 3.63) is 0 Å². The van der Waals surface area contributed by atoms with Gasteiger partial charge in [-0.2, -0.15) is 0 Å². The first kappa shape index (κ1) is 15.8. The van der Waals surface area contributed by atoms with Crippen molar-refractivity contribution < 1.29 is 19.1 Å². The molecular weight excluding hydrogens is 248 g/mol. The number of esters is 1. The van der Waals surface area contributed by atoms with Crippen molar-refractivity contribution in [3.63, 3.8) is 0 Å². The van der Waals surface area contributed by atoms with E-state index in [-0.39, 0.29) is 6.61 Å². The minimum Gasteiger partial charge on any atom is -0.464 e. The molecule has 2 N–H and O–H groups in total. The van der Waals surface area contributed by atoms with Crippen LogP contribution >= 0.6 is 0 Å². The Balaban J connectivity index is 2.82. The number of nitrogens with two attached hydrogens (primary N) is 1. The third-order valence-electron chi connectivity index (χ3n) is 2.83. The molecule has 0 bridgehead atoms. The molecule has 0 aromatic heterocycles. The summed E-state index contributed by atoms with van der Waals surface area (Å²) in [5, 5.41) is 0. The van der Waals surface area contributed by atoms with Crippen LogP contribution in [0.1, 0.15) is 40.5 Å². The highest BCUT2D eigenvalue weighted by atomic mass is 16.6. The van der Waals surface area contributed by atoms with Gasteiger partial charge in [-0.05, 0) is 40.5 Å². The van der Waals surface area contributed by atoms with Crippen molar-refractivity contribution in [2.24, 2.45) is 5.73 Å². The van der Waals surface area contributed by atoms with Crippen LogP contribution in [0.4, 0.5) is 4.79 Å². The average molecular weight is 272 g/mol. The predicted octanol–water partition coefficient (Wildman–Crippen LogP) is 1.28. The molecule has 0 radical (unpaired) electrons. The van der Waals surface area contributed by atoms with Crippen LogP contribution < -0.4 is 5.73 Å². The van der Waals surface area contributed by atoms with E-state index in [2.05, 4.69) is 0 Å². The molecule has 0 aliphatic carbocycles. The van der Waals surface area contributed by atoms with Gasteiger partial charge in [0.25, 0.3) is 0 Å². The van der Waals surface area contributed by atoms with E-state index in [9.17, 15) is 9.59 Å². The van der Waals surface area contributed by atoms with Crippen LogP contribution in [0, 0.1) is 0 Å². The summed E-state index contributed by atoms with van der Waals surface area (Å²) >= 11 is 0. The normalized spacial score (nSPS) is 23.9. The van der Waals surface area contributed by atoms with Gasteiger partial charge in [0.1, 0.15) is 11.6 Å². The van der Waals surface area contributed by atoms with Crippen molar-refractivity contribution in [3.8, 4) is 0 Å². The van der Waals surface area contributed by atoms with Gasteiger partial charge in [0, 0.05) is 12.6 Å². The largest absolute Gasteiger partial charge is 0.464 e. The Hall–Kier alpha value is -1.30. The van der Waals surface area contributed by atoms with Crippen LogP contribution in [0.25, 0.3) is 0 Å². The summed E-state index contributed by atoms with van der Waals surface area (Å²) in [6.07, 6.45) is 0.944. The number of carbonyl (C=O) groups excluding carboxylic acids is 2. The zero-order chi connectivity index (χ0) is 14.6. The van der Waals surface area contributed by atoms with Gasteiger partial charge < -0.3 is 15.2 Å². The summed E-state index contributed by atoms with van der Waals surface area (Å²) < 4.78 is 10.3. The van der Waals surface area contributed by atoms with E-state index in [0.717, 1.165) is 6.42 Å². The van der Waals surface area contributed by atoms with Gasteiger partial charge in [-0.25, -0.2) is 9.59 Å². The Labute approximate surface area is 114 Å². The smallest absolute Gasteiger partial charge is 0.411 e. The van der Waals surface area contributed by atoms with Crippen LogP contribution in [0.3, 0.4) is 0 Å². The zero-order valence-corrected chi connectivity index (χ0v) is 12.1. The van der Waals surface area contributed by atoms with E-state index in [1.165, 1.54) is 4.90 Å². The lowest BCUT2D eigenvalue weighted by Crippen LogP contribution is -2.59. The van der Waals surface area contributed by atoms with E-state index in [1.54, 1.807) is 27.7 Å². The molecule has 1 aliphatic rings. The molecule has 1 saturated heterocycles. The number of likely N-dealkylation sites (tertiary alicyclic amines) is 1. The van der Waals surface area contributed by atoms with Crippen molar-refractivity contribution >= 4 is 12.1 Å². The first-order valence-corrected chi connectivity index (χ1v) is 6.68. The minimum absolute atomic E-state index is 0.268. The summed E-state index contributed by atoms with van der Waals surface area (Å²) in [7, 11) is 0. The van der Waals surface area contributed by atoms with Gasteiger partial charge in [0.05, 0.1) is 6.61 Å². The molecule has 2 atom stereocenters. The molecular formula is C13H24N2O4. The molecule has 0 spiro atoms. The Morgan fingerprint density at radius 1 is 1.37 bits per heavy atom. The maximum Gasteiger partial charge on any atom is 0.411 e. The summed E-state index contributed by atoms with van der Waals surface area (Å²) in [5.41, 5.74) is 5.35. The second-order valence-corrected chi connectivity index (χ2v) is 5.68. The summed E-state index contributed by atoms with van der Waals surface area (Å²) in [6, 6.07) is -1.15. The molecule has 1 heterocycles. The third kappa shape index (κ3) is 4.38. The first-order chi connectivity index (χ1) is 8.76. The molecule has 1 aliphatic heterocycles. The average Bonchev–Trinajstić information content (AvgIpc) is 2.26. The molecule has 0 aromatic rings. The van der Waals surface area contributed by atoms with Gasteiger partial charge >= 0.3 is 12.1 Å². The molecule has 110 valence electrons. The lowest BCUT2D eigenvalue weighted by atomic mass is 9.97. The Morgan fingerprint density at radius 2 is 2.00 bits per heavy atom. The fourth-order valence-corrected chi connectivity index (χ4v) is 2.08. The van der Waals surface area contributed by atoms with Crippen LogP contribution in [0.2, 0.25) is 0 Å². The van der Waals surface area contributed by atoms with E-state index in [1.807, 2.05) is 0 Å². The van der Waals surface area contributed by atoms with Gasteiger partial charge in [-0.3, -0.25) is 4.90 Å². The van der Waals surface area contributed by atoms with E-state index in [4.69, 9.17) is 15.2 Å². The lowest BCUT2D eigenvalue weighted by Gasteiger charge is -2.38. The van der Waals surface area contributed by atoms with Crippen LogP contribution in [0.15, 0.2) is 0 Å². The number of ether oxygens (including phenoxy) is 2. The van der Waals surface area contributed by atoms with Crippen molar-refractivity contribution in [1.29, 1.82) is 0 Å². The zero-order valence-electron chi connectivity index (χ0n) is 12.1. The second-order valence-electron chi connectivity index (χ2n) is 5.68. The number of piperidine rings is 1. The lowest BCUT2D eigenvalue weighted by molar-refractivity contribution is -0.151. The van der Waals surface area contributed by atoms with Crippen molar-refractivity contribution in [2.45, 2.75) is 58.2 Å². The van der Waals surface area contributed by atoms with E-state index >= 15 is 0 Å². The van der Waals surface area contributed by atoms with Gasteiger partial charge in [0.2, 0.25) is 0 Å². The number of hydrogen-bond donors (Lipinski definition) is 1. The third-order valence-corrected chi connectivity index (χ3v) is 2.83. The highest BCUT2D eigenvalue weighted by Gasteiger charge is 2.40. The molecule has 1 fully saturated rings. The minimum atomic E-state index is -0.747. The maximum atomic E-state index is 12.1. The van der Waals surface area contributed by atoms with Gasteiger partial charge in [0.15, 0.2) is 0 Å².